The van der Waals surface area contributed by atoms with Gasteiger partial charge in [-0.2, -0.15) is 0 Å². The van der Waals surface area contributed by atoms with Gasteiger partial charge in [0.15, 0.2) is 0 Å². The zero-order valence-corrected chi connectivity index (χ0v) is 8.67. The van der Waals surface area contributed by atoms with Crippen molar-refractivity contribution >= 4 is 0 Å². The molecule has 0 amide bonds. The second-order valence-electron chi connectivity index (χ2n) is 3.21. The molecule has 0 bridgehead atoms. The lowest BCUT2D eigenvalue weighted by atomic mass is 10.1. The van der Waals surface area contributed by atoms with Gasteiger partial charge in [0.1, 0.15) is 11.6 Å². The lowest BCUT2D eigenvalue weighted by Gasteiger charge is -2.09. The summed E-state index contributed by atoms with van der Waals surface area (Å²) in [6, 6.07) is 5.23. The zero-order chi connectivity index (χ0) is 12.9. The number of alkyl halides is 3. The van der Waals surface area contributed by atoms with Crippen molar-refractivity contribution in [3.8, 4) is 5.75 Å². The van der Waals surface area contributed by atoms with Crippen LogP contribution in [0.5, 0.6) is 5.75 Å². The molecule has 0 spiro atoms. The Labute approximate surface area is 95.1 Å². The molecular formula is C11H10F4O2. The molecule has 1 aromatic carbocycles. The van der Waals surface area contributed by atoms with Crippen LogP contribution < -0.4 is 4.74 Å². The van der Waals surface area contributed by atoms with Crippen molar-refractivity contribution < 1.29 is 27.4 Å². The van der Waals surface area contributed by atoms with Gasteiger partial charge in [-0.1, -0.05) is 12.1 Å². The Kier molecular flexibility index (Phi) is 4.51. The zero-order valence-electron chi connectivity index (χ0n) is 8.67. The second-order valence-corrected chi connectivity index (χ2v) is 3.21. The number of aliphatic hydroxyl groups is 1. The molecule has 6 heteroatoms. The van der Waals surface area contributed by atoms with Gasteiger partial charge in [0.05, 0.1) is 6.61 Å². The summed E-state index contributed by atoms with van der Waals surface area (Å²) in [5.41, 5.74) is 0.454. The van der Waals surface area contributed by atoms with Gasteiger partial charge in [-0.25, -0.2) is 4.39 Å². The predicted octanol–water partition coefficient (Wildman–Crippen LogP) is 2.97. The lowest BCUT2D eigenvalue weighted by molar-refractivity contribution is -0.274. The molecule has 0 radical (unpaired) electrons. The normalized spacial score (nSPS) is 12.6. The summed E-state index contributed by atoms with van der Waals surface area (Å²) in [4.78, 5) is 0. The van der Waals surface area contributed by atoms with Crippen molar-refractivity contribution in [2.24, 2.45) is 0 Å². The highest BCUT2D eigenvalue weighted by Crippen LogP contribution is 2.23. The molecule has 0 unspecified atom stereocenters. The van der Waals surface area contributed by atoms with Crippen LogP contribution in [0.25, 0.3) is 0 Å². The topological polar surface area (TPSA) is 29.5 Å². The highest BCUT2D eigenvalue weighted by atomic mass is 19.4. The third-order valence-corrected chi connectivity index (χ3v) is 1.84. The summed E-state index contributed by atoms with van der Waals surface area (Å²) >= 11 is 0. The van der Waals surface area contributed by atoms with Crippen LogP contribution in [-0.4, -0.2) is 18.1 Å². The number of hydrogen-bond donors (Lipinski definition) is 1. The fourth-order valence-electron chi connectivity index (χ4n) is 1.16. The maximum absolute atomic E-state index is 12.6. The summed E-state index contributed by atoms with van der Waals surface area (Å²) in [6.45, 7) is -0.723. The van der Waals surface area contributed by atoms with Gasteiger partial charge in [-0.15, -0.1) is 13.2 Å². The Hall–Kier alpha value is -1.56. The number of aliphatic hydroxyl groups excluding tert-OH is 1. The predicted molar refractivity (Wildman–Crippen MR) is 53.1 cm³/mol. The first-order valence-corrected chi connectivity index (χ1v) is 4.71. The van der Waals surface area contributed by atoms with E-state index in [1.807, 2.05) is 0 Å². The Morgan fingerprint density at radius 2 is 2.06 bits per heavy atom. The fourth-order valence-corrected chi connectivity index (χ4v) is 1.16. The number of benzene rings is 1. The first kappa shape index (κ1) is 13.5. The van der Waals surface area contributed by atoms with Crippen molar-refractivity contribution in [1.82, 2.24) is 0 Å². The van der Waals surface area contributed by atoms with Gasteiger partial charge < -0.3 is 9.84 Å². The van der Waals surface area contributed by atoms with E-state index in [2.05, 4.69) is 4.74 Å². The summed E-state index contributed by atoms with van der Waals surface area (Å²) in [6.07, 6.45) is -3.57. The third kappa shape index (κ3) is 5.35. The smallest absolute Gasteiger partial charge is 0.406 e. The van der Waals surface area contributed by atoms with Crippen LogP contribution in [0.4, 0.5) is 17.6 Å². The number of halogens is 4. The third-order valence-electron chi connectivity index (χ3n) is 1.84. The first-order valence-electron chi connectivity index (χ1n) is 4.71. The van der Waals surface area contributed by atoms with Crippen LogP contribution in [0.2, 0.25) is 0 Å². The molecule has 0 aliphatic heterocycles. The van der Waals surface area contributed by atoms with E-state index in [1.165, 1.54) is 12.1 Å². The number of hydrogen-bond acceptors (Lipinski definition) is 2. The molecule has 0 aliphatic carbocycles. The molecule has 94 valence electrons. The molecule has 0 fully saturated rings. The minimum Gasteiger partial charge on any atom is -0.406 e. The molecule has 0 saturated carbocycles. The number of rotatable bonds is 4. The summed E-state index contributed by atoms with van der Waals surface area (Å²) in [5, 5.41) is 8.40. The molecule has 17 heavy (non-hydrogen) atoms. The van der Waals surface area contributed by atoms with Crippen LogP contribution in [0, 0.1) is 0 Å². The maximum atomic E-state index is 12.6. The number of allylic oxidation sites excluding steroid dienone is 1. The van der Waals surface area contributed by atoms with Crippen LogP contribution in [0.3, 0.4) is 0 Å². The highest BCUT2D eigenvalue weighted by molar-refractivity contribution is 5.30. The molecule has 1 aromatic rings. The monoisotopic (exact) mass is 250 g/mol. The van der Waals surface area contributed by atoms with Crippen LogP contribution in [-0.2, 0) is 6.42 Å². The van der Waals surface area contributed by atoms with E-state index in [-0.39, 0.29) is 12.2 Å². The molecule has 0 aliphatic rings. The van der Waals surface area contributed by atoms with E-state index in [1.54, 1.807) is 0 Å². The van der Waals surface area contributed by atoms with Crippen molar-refractivity contribution in [2.75, 3.05) is 6.61 Å². The average molecular weight is 250 g/mol. The van der Waals surface area contributed by atoms with Crippen LogP contribution in [0.1, 0.15) is 5.56 Å². The number of ether oxygens (including phenoxy) is 1. The van der Waals surface area contributed by atoms with E-state index in [4.69, 9.17) is 5.11 Å². The summed E-state index contributed by atoms with van der Waals surface area (Å²) < 4.78 is 52.0. The van der Waals surface area contributed by atoms with Gasteiger partial charge in [0.2, 0.25) is 0 Å². The van der Waals surface area contributed by atoms with Gasteiger partial charge in [-0.05, 0) is 30.2 Å². The van der Waals surface area contributed by atoms with Gasteiger partial charge in [-0.3, -0.25) is 0 Å². The Balaban J connectivity index is 2.73. The second kappa shape index (κ2) is 5.67. The largest absolute Gasteiger partial charge is 0.573 e. The molecule has 1 N–H and O–H groups in total. The molecule has 0 saturated heterocycles. The van der Waals surface area contributed by atoms with Gasteiger partial charge in [0.25, 0.3) is 0 Å². The van der Waals surface area contributed by atoms with Crippen LogP contribution in [0.15, 0.2) is 36.2 Å². The molecule has 0 atom stereocenters. The minimum absolute atomic E-state index is 0.0848. The summed E-state index contributed by atoms with van der Waals surface area (Å²) in [7, 11) is 0. The van der Waals surface area contributed by atoms with Crippen molar-refractivity contribution in [2.45, 2.75) is 12.8 Å². The Morgan fingerprint density at radius 1 is 1.35 bits per heavy atom. The van der Waals surface area contributed by atoms with E-state index in [0.717, 1.165) is 18.2 Å². The molecule has 0 heterocycles. The van der Waals surface area contributed by atoms with Crippen molar-refractivity contribution in [3.05, 3.63) is 41.7 Å². The minimum atomic E-state index is -4.75. The lowest BCUT2D eigenvalue weighted by Crippen LogP contribution is -2.17. The quantitative estimate of drug-likeness (QED) is 0.832. The first-order chi connectivity index (χ1) is 7.90. The van der Waals surface area contributed by atoms with E-state index < -0.39 is 18.8 Å². The standard InChI is InChI=1S/C11H10F4O2/c12-9(7-16)5-4-8-2-1-3-10(6-8)17-11(13,14)15/h1-3,5-6,16H,4,7H2/b9-5-. The highest BCUT2D eigenvalue weighted by Gasteiger charge is 2.30. The van der Waals surface area contributed by atoms with E-state index in [9.17, 15) is 17.6 Å². The van der Waals surface area contributed by atoms with E-state index in [0.29, 0.717) is 5.56 Å². The molecular weight excluding hydrogens is 240 g/mol. The Bertz CT molecular complexity index is 399. The Morgan fingerprint density at radius 3 is 2.65 bits per heavy atom. The van der Waals surface area contributed by atoms with Crippen LogP contribution >= 0.6 is 0 Å². The SMILES string of the molecule is OC/C(F)=C/Cc1cccc(OC(F)(F)F)c1. The maximum Gasteiger partial charge on any atom is 0.573 e. The average Bonchev–Trinajstić information content (AvgIpc) is 2.24. The fraction of sp³-hybridized carbons (Fsp3) is 0.273. The summed E-state index contributed by atoms with van der Waals surface area (Å²) in [5.74, 6) is -1.08. The van der Waals surface area contributed by atoms with Crippen molar-refractivity contribution in [1.29, 1.82) is 0 Å². The van der Waals surface area contributed by atoms with Gasteiger partial charge in [0, 0.05) is 0 Å². The molecule has 0 aromatic heterocycles. The van der Waals surface area contributed by atoms with Crippen molar-refractivity contribution in [3.63, 3.8) is 0 Å². The van der Waals surface area contributed by atoms with Gasteiger partial charge >= 0.3 is 6.36 Å². The molecule has 2 nitrogen and oxygen atoms in total. The van der Waals surface area contributed by atoms with E-state index >= 15 is 0 Å². The molecule has 1 rings (SSSR count).